The van der Waals surface area contributed by atoms with Crippen molar-refractivity contribution < 1.29 is 14.3 Å². The number of aryl methyl sites for hydroxylation is 1. The molecule has 0 saturated carbocycles. The van der Waals surface area contributed by atoms with Crippen LogP contribution in [0.4, 0.5) is 0 Å². The number of benzene rings is 2. The molecule has 138 valence electrons. The molecule has 0 saturated heterocycles. The highest BCUT2D eigenvalue weighted by Gasteiger charge is 2.06. The van der Waals surface area contributed by atoms with E-state index in [4.69, 9.17) is 4.74 Å². The molecule has 1 amide bonds. The van der Waals surface area contributed by atoms with Crippen molar-refractivity contribution in [3.05, 3.63) is 70.0 Å². The number of carbonyl (C=O) groups excluding carboxylic acids is 2. The van der Waals surface area contributed by atoms with E-state index in [1.807, 2.05) is 36.6 Å². The zero-order valence-electron chi connectivity index (χ0n) is 15.2. The normalized spacial score (nSPS) is 10.4. The van der Waals surface area contributed by atoms with Crippen LogP contribution in [0.15, 0.2) is 53.9 Å². The molecule has 0 bridgehead atoms. The molecule has 27 heavy (non-hydrogen) atoms. The molecule has 2 aromatic carbocycles. The second kappa shape index (κ2) is 8.60. The van der Waals surface area contributed by atoms with Crippen LogP contribution in [0.2, 0.25) is 0 Å². The topological polar surface area (TPSA) is 68.3 Å². The van der Waals surface area contributed by atoms with E-state index in [-0.39, 0.29) is 18.3 Å². The van der Waals surface area contributed by atoms with Gasteiger partial charge in [-0.05, 0) is 31.5 Å². The van der Waals surface area contributed by atoms with Gasteiger partial charge in [-0.3, -0.25) is 9.59 Å². The third kappa shape index (κ3) is 5.24. The van der Waals surface area contributed by atoms with E-state index in [1.54, 1.807) is 35.6 Å². The van der Waals surface area contributed by atoms with Crippen molar-refractivity contribution in [3.8, 4) is 17.0 Å². The predicted octanol–water partition coefficient (Wildman–Crippen LogP) is 4.02. The minimum absolute atomic E-state index is 0.0406. The highest BCUT2D eigenvalue weighted by Crippen LogP contribution is 2.21. The minimum atomic E-state index is -0.220. The lowest BCUT2D eigenvalue weighted by atomic mass is 10.1. The minimum Gasteiger partial charge on any atom is -0.484 e. The highest BCUT2D eigenvalue weighted by molar-refractivity contribution is 7.09. The Hall–Kier alpha value is -2.99. The number of amides is 1. The summed E-state index contributed by atoms with van der Waals surface area (Å²) < 4.78 is 5.45. The summed E-state index contributed by atoms with van der Waals surface area (Å²) in [5.74, 6) is 0.240. The van der Waals surface area contributed by atoms with Gasteiger partial charge >= 0.3 is 0 Å². The molecule has 0 spiro atoms. The highest BCUT2D eigenvalue weighted by atomic mass is 32.1. The number of nitrogens with zero attached hydrogens (tertiary/aromatic N) is 1. The molecule has 0 radical (unpaired) electrons. The molecule has 0 aliphatic rings. The largest absolute Gasteiger partial charge is 0.484 e. The molecule has 5 nitrogen and oxygen atoms in total. The lowest BCUT2D eigenvalue weighted by Crippen LogP contribution is -2.28. The number of ether oxygens (including phenoxy) is 1. The Balaban J connectivity index is 1.49. The van der Waals surface area contributed by atoms with Crippen LogP contribution in [0.1, 0.15) is 27.9 Å². The van der Waals surface area contributed by atoms with Crippen LogP contribution in [0, 0.1) is 6.92 Å². The van der Waals surface area contributed by atoms with Gasteiger partial charge in [0.25, 0.3) is 5.91 Å². The first kappa shape index (κ1) is 18.8. The van der Waals surface area contributed by atoms with Crippen LogP contribution >= 0.6 is 11.3 Å². The second-order valence-corrected chi connectivity index (χ2v) is 7.16. The first-order valence-corrected chi connectivity index (χ1v) is 9.41. The molecule has 0 unspecified atom stereocenters. The lowest BCUT2D eigenvalue weighted by molar-refractivity contribution is -0.123. The molecule has 1 heterocycles. The molecule has 0 aliphatic carbocycles. The molecule has 0 atom stereocenters. The number of aromatic nitrogens is 1. The van der Waals surface area contributed by atoms with Crippen molar-refractivity contribution in [1.29, 1.82) is 0 Å². The van der Waals surface area contributed by atoms with Crippen LogP contribution in [-0.2, 0) is 11.3 Å². The number of nitrogens with one attached hydrogen (secondary N) is 1. The van der Waals surface area contributed by atoms with Crippen LogP contribution in [0.5, 0.6) is 5.75 Å². The van der Waals surface area contributed by atoms with Crippen molar-refractivity contribution in [2.75, 3.05) is 6.61 Å². The van der Waals surface area contributed by atoms with Crippen LogP contribution in [0.25, 0.3) is 11.3 Å². The van der Waals surface area contributed by atoms with Gasteiger partial charge in [0.15, 0.2) is 12.4 Å². The smallest absolute Gasteiger partial charge is 0.258 e. The van der Waals surface area contributed by atoms with Gasteiger partial charge in [0, 0.05) is 23.1 Å². The SMILES string of the molecule is CC(=O)c1cccc(OCC(=O)NCc2ccc(-c3csc(C)n3)cc2)c1. The van der Waals surface area contributed by atoms with E-state index < -0.39 is 0 Å². The zero-order chi connectivity index (χ0) is 19.2. The average molecular weight is 380 g/mol. The van der Waals surface area contributed by atoms with Crippen molar-refractivity contribution in [3.63, 3.8) is 0 Å². The van der Waals surface area contributed by atoms with Crippen LogP contribution in [0.3, 0.4) is 0 Å². The Kier molecular flexibility index (Phi) is 5.98. The number of carbonyl (C=O) groups is 2. The Morgan fingerprint density at radius 3 is 2.59 bits per heavy atom. The Morgan fingerprint density at radius 1 is 1.15 bits per heavy atom. The maximum absolute atomic E-state index is 12.0. The third-order valence-electron chi connectivity index (χ3n) is 3.97. The van der Waals surface area contributed by atoms with E-state index >= 15 is 0 Å². The van der Waals surface area contributed by atoms with Gasteiger partial charge < -0.3 is 10.1 Å². The van der Waals surface area contributed by atoms with Crippen molar-refractivity contribution in [2.24, 2.45) is 0 Å². The van der Waals surface area contributed by atoms with Gasteiger partial charge in [0.2, 0.25) is 0 Å². The Labute approximate surface area is 162 Å². The summed E-state index contributed by atoms with van der Waals surface area (Å²) in [5, 5.41) is 5.89. The summed E-state index contributed by atoms with van der Waals surface area (Å²) in [6, 6.07) is 14.7. The first-order chi connectivity index (χ1) is 13.0. The number of hydrogen-bond donors (Lipinski definition) is 1. The van der Waals surface area contributed by atoms with E-state index in [2.05, 4.69) is 10.3 Å². The van der Waals surface area contributed by atoms with E-state index in [0.29, 0.717) is 17.9 Å². The van der Waals surface area contributed by atoms with E-state index in [9.17, 15) is 9.59 Å². The standard InChI is InChI=1S/C21H20N2O3S/c1-14(24)18-4-3-5-19(10-18)26-12-21(25)22-11-16-6-8-17(9-7-16)20-13-27-15(2)23-20/h3-10,13H,11-12H2,1-2H3,(H,22,25). The molecule has 3 rings (SSSR count). The summed E-state index contributed by atoms with van der Waals surface area (Å²) in [5.41, 5.74) is 3.58. The number of ketones is 1. The van der Waals surface area contributed by atoms with Gasteiger partial charge in [-0.1, -0.05) is 36.4 Å². The fraction of sp³-hybridized carbons (Fsp3) is 0.190. The van der Waals surface area contributed by atoms with Gasteiger partial charge in [-0.2, -0.15) is 0 Å². The van der Waals surface area contributed by atoms with Gasteiger partial charge in [0.1, 0.15) is 5.75 Å². The van der Waals surface area contributed by atoms with Gasteiger partial charge in [-0.15, -0.1) is 11.3 Å². The molecule has 3 aromatic rings. The van der Waals surface area contributed by atoms with E-state index in [0.717, 1.165) is 21.8 Å². The first-order valence-electron chi connectivity index (χ1n) is 8.53. The summed E-state index contributed by atoms with van der Waals surface area (Å²) in [7, 11) is 0. The summed E-state index contributed by atoms with van der Waals surface area (Å²) in [6.07, 6.45) is 0. The maximum atomic E-state index is 12.0. The molecular weight excluding hydrogens is 360 g/mol. The summed E-state index contributed by atoms with van der Waals surface area (Å²) in [6.45, 7) is 3.80. The van der Waals surface area contributed by atoms with E-state index in [1.165, 1.54) is 6.92 Å². The Bertz CT molecular complexity index is 948. The van der Waals surface area contributed by atoms with Crippen molar-refractivity contribution in [1.82, 2.24) is 10.3 Å². The fourth-order valence-corrected chi connectivity index (χ4v) is 3.12. The van der Waals surface area contributed by atoms with Crippen LogP contribution in [-0.4, -0.2) is 23.3 Å². The zero-order valence-corrected chi connectivity index (χ0v) is 16.0. The molecule has 1 N–H and O–H groups in total. The number of hydrogen-bond acceptors (Lipinski definition) is 5. The molecule has 0 aliphatic heterocycles. The lowest BCUT2D eigenvalue weighted by Gasteiger charge is -2.08. The number of rotatable bonds is 7. The van der Waals surface area contributed by atoms with Crippen molar-refractivity contribution in [2.45, 2.75) is 20.4 Å². The molecular formula is C21H20N2O3S. The molecule has 6 heteroatoms. The second-order valence-electron chi connectivity index (χ2n) is 6.10. The van der Waals surface area contributed by atoms with Gasteiger partial charge in [0.05, 0.1) is 10.7 Å². The average Bonchev–Trinajstić information content (AvgIpc) is 3.11. The third-order valence-corrected chi connectivity index (χ3v) is 4.74. The summed E-state index contributed by atoms with van der Waals surface area (Å²) >= 11 is 1.62. The van der Waals surface area contributed by atoms with Crippen molar-refractivity contribution >= 4 is 23.0 Å². The quantitative estimate of drug-likeness (QED) is 0.629. The monoisotopic (exact) mass is 380 g/mol. The van der Waals surface area contributed by atoms with Gasteiger partial charge in [-0.25, -0.2) is 4.98 Å². The fourth-order valence-electron chi connectivity index (χ4n) is 2.49. The maximum Gasteiger partial charge on any atom is 0.258 e. The number of thiazole rings is 1. The number of Topliss-reactive ketones (excluding diaryl/α,β-unsaturated/α-hetero) is 1. The van der Waals surface area contributed by atoms with Crippen LogP contribution < -0.4 is 10.1 Å². The molecule has 1 aromatic heterocycles. The Morgan fingerprint density at radius 2 is 1.93 bits per heavy atom. The summed E-state index contributed by atoms with van der Waals surface area (Å²) in [4.78, 5) is 27.8. The molecule has 0 fully saturated rings. The predicted molar refractivity (Wildman–Crippen MR) is 106 cm³/mol.